The van der Waals surface area contributed by atoms with E-state index >= 15 is 0 Å². The number of nitrogens with zero attached hydrogens (tertiary/aromatic N) is 1. The average molecular weight is 225 g/mol. The molecule has 0 amide bonds. The molecule has 0 aromatic carbocycles. The third-order valence-corrected chi connectivity index (χ3v) is 4.06. The molecule has 2 atom stereocenters. The summed E-state index contributed by atoms with van der Waals surface area (Å²) in [6, 6.07) is 1.45. The Hall–Kier alpha value is -0.120. The highest BCUT2D eigenvalue weighted by Gasteiger charge is 2.25. The van der Waals surface area contributed by atoms with Crippen LogP contribution in [0.1, 0.15) is 33.1 Å². The Morgan fingerprint density at radius 1 is 1.31 bits per heavy atom. The lowest BCUT2D eigenvalue weighted by Crippen LogP contribution is -2.47. The van der Waals surface area contributed by atoms with Gasteiger partial charge in [0.05, 0.1) is 0 Å². The van der Waals surface area contributed by atoms with Gasteiger partial charge in [0.15, 0.2) is 0 Å². The van der Waals surface area contributed by atoms with Gasteiger partial charge in [0.2, 0.25) is 0 Å². The zero-order valence-electron chi connectivity index (χ0n) is 10.8. The van der Waals surface area contributed by atoms with Crippen molar-refractivity contribution in [2.75, 3.05) is 32.7 Å². The second kappa shape index (κ2) is 5.99. The summed E-state index contributed by atoms with van der Waals surface area (Å²) in [5.74, 6) is 0.764. The van der Waals surface area contributed by atoms with Gasteiger partial charge in [-0.3, -0.25) is 4.90 Å². The van der Waals surface area contributed by atoms with Crippen LogP contribution in [-0.4, -0.2) is 49.7 Å². The maximum absolute atomic E-state index is 3.74. The van der Waals surface area contributed by atoms with Gasteiger partial charge < -0.3 is 10.6 Å². The fourth-order valence-electron chi connectivity index (χ4n) is 2.98. The Labute approximate surface area is 100.0 Å². The lowest BCUT2D eigenvalue weighted by molar-refractivity contribution is 0.183. The fraction of sp³-hybridized carbons (Fsp3) is 1.00. The Bertz CT molecular complexity index is 193. The summed E-state index contributed by atoms with van der Waals surface area (Å²) in [5.41, 5.74) is 0. The topological polar surface area (TPSA) is 27.3 Å². The molecule has 3 heteroatoms. The molecule has 0 bridgehead atoms. The second-order valence-electron chi connectivity index (χ2n) is 5.65. The molecule has 2 heterocycles. The summed E-state index contributed by atoms with van der Waals surface area (Å²) in [6.45, 7) is 10.9. The highest BCUT2D eigenvalue weighted by atomic mass is 15.2. The molecule has 2 rings (SSSR count). The van der Waals surface area contributed by atoms with E-state index in [-0.39, 0.29) is 0 Å². The third kappa shape index (κ3) is 3.19. The minimum Gasteiger partial charge on any atom is -0.315 e. The van der Waals surface area contributed by atoms with E-state index in [4.69, 9.17) is 0 Å². The van der Waals surface area contributed by atoms with Crippen LogP contribution in [0, 0.1) is 5.92 Å². The Kier molecular flexibility index (Phi) is 4.62. The SMILES string of the molecule is CC(C)C(CNC1CCNC1)N1CCCC1. The largest absolute Gasteiger partial charge is 0.315 e. The molecular formula is C13H27N3. The van der Waals surface area contributed by atoms with Crippen molar-refractivity contribution in [3.8, 4) is 0 Å². The van der Waals surface area contributed by atoms with Crippen molar-refractivity contribution in [1.82, 2.24) is 15.5 Å². The maximum Gasteiger partial charge on any atom is 0.0243 e. The smallest absolute Gasteiger partial charge is 0.0243 e. The van der Waals surface area contributed by atoms with Crippen molar-refractivity contribution in [3.63, 3.8) is 0 Å². The molecule has 2 fully saturated rings. The number of nitrogens with one attached hydrogen (secondary N) is 2. The van der Waals surface area contributed by atoms with Crippen molar-refractivity contribution in [2.45, 2.75) is 45.2 Å². The highest BCUT2D eigenvalue weighted by molar-refractivity contribution is 4.84. The summed E-state index contributed by atoms with van der Waals surface area (Å²) in [6.07, 6.45) is 4.09. The van der Waals surface area contributed by atoms with Crippen LogP contribution in [0.5, 0.6) is 0 Å². The van der Waals surface area contributed by atoms with E-state index in [0.717, 1.165) is 18.5 Å². The first-order valence-corrected chi connectivity index (χ1v) is 6.95. The molecule has 3 nitrogen and oxygen atoms in total. The maximum atomic E-state index is 3.74. The third-order valence-electron chi connectivity index (χ3n) is 4.06. The van der Waals surface area contributed by atoms with Gasteiger partial charge in [0.1, 0.15) is 0 Å². The van der Waals surface area contributed by atoms with Crippen LogP contribution in [0.15, 0.2) is 0 Å². The van der Waals surface area contributed by atoms with E-state index in [1.165, 1.54) is 45.4 Å². The van der Waals surface area contributed by atoms with Gasteiger partial charge in [-0.25, -0.2) is 0 Å². The van der Waals surface area contributed by atoms with E-state index in [0.29, 0.717) is 6.04 Å². The van der Waals surface area contributed by atoms with Crippen molar-refractivity contribution >= 4 is 0 Å². The van der Waals surface area contributed by atoms with Gasteiger partial charge in [-0.2, -0.15) is 0 Å². The summed E-state index contributed by atoms with van der Waals surface area (Å²) < 4.78 is 0. The van der Waals surface area contributed by atoms with E-state index < -0.39 is 0 Å². The highest BCUT2D eigenvalue weighted by Crippen LogP contribution is 2.17. The lowest BCUT2D eigenvalue weighted by Gasteiger charge is -2.32. The molecule has 2 N–H and O–H groups in total. The van der Waals surface area contributed by atoms with Gasteiger partial charge in [0.25, 0.3) is 0 Å². The van der Waals surface area contributed by atoms with Crippen LogP contribution in [0.3, 0.4) is 0 Å². The van der Waals surface area contributed by atoms with Gasteiger partial charge in [-0.15, -0.1) is 0 Å². The first kappa shape index (κ1) is 12.3. The zero-order valence-corrected chi connectivity index (χ0v) is 10.8. The van der Waals surface area contributed by atoms with Crippen LogP contribution in [-0.2, 0) is 0 Å². The monoisotopic (exact) mass is 225 g/mol. The number of rotatable bonds is 5. The fourth-order valence-corrected chi connectivity index (χ4v) is 2.98. The molecule has 2 unspecified atom stereocenters. The van der Waals surface area contributed by atoms with Crippen LogP contribution in [0.2, 0.25) is 0 Å². The predicted molar refractivity (Wildman–Crippen MR) is 68.7 cm³/mol. The molecule has 2 aliphatic rings. The molecule has 0 radical (unpaired) electrons. The van der Waals surface area contributed by atoms with Crippen molar-refractivity contribution < 1.29 is 0 Å². The summed E-state index contributed by atoms with van der Waals surface area (Å²) in [4.78, 5) is 2.68. The van der Waals surface area contributed by atoms with Gasteiger partial charge in [-0.1, -0.05) is 13.8 Å². The summed E-state index contributed by atoms with van der Waals surface area (Å²) in [7, 11) is 0. The lowest BCUT2D eigenvalue weighted by atomic mass is 10.0. The molecule has 2 saturated heterocycles. The van der Waals surface area contributed by atoms with E-state index in [1.54, 1.807) is 0 Å². The van der Waals surface area contributed by atoms with E-state index in [1.807, 2.05) is 0 Å². The van der Waals surface area contributed by atoms with Crippen molar-refractivity contribution in [2.24, 2.45) is 5.92 Å². The van der Waals surface area contributed by atoms with E-state index in [2.05, 4.69) is 29.4 Å². The average Bonchev–Trinajstić information content (AvgIpc) is 2.88. The number of likely N-dealkylation sites (tertiary alicyclic amines) is 1. The molecule has 0 spiro atoms. The van der Waals surface area contributed by atoms with Crippen molar-refractivity contribution in [3.05, 3.63) is 0 Å². The Morgan fingerprint density at radius 2 is 2.06 bits per heavy atom. The number of hydrogen-bond acceptors (Lipinski definition) is 3. The molecule has 0 saturated carbocycles. The molecular weight excluding hydrogens is 198 g/mol. The Morgan fingerprint density at radius 3 is 2.62 bits per heavy atom. The molecule has 94 valence electrons. The standard InChI is InChI=1S/C13H27N3/c1-11(2)13(16-7-3-4-8-16)10-15-12-5-6-14-9-12/h11-15H,3-10H2,1-2H3. The van der Waals surface area contributed by atoms with Crippen LogP contribution in [0.4, 0.5) is 0 Å². The Balaban J connectivity index is 1.77. The second-order valence-corrected chi connectivity index (χ2v) is 5.65. The number of hydrogen-bond donors (Lipinski definition) is 2. The predicted octanol–water partition coefficient (Wildman–Crippen LogP) is 1.06. The first-order chi connectivity index (χ1) is 7.77. The van der Waals surface area contributed by atoms with Crippen LogP contribution >= 0.6 is 0 Å². The van der Waals surface area contributed by atoms with Gasteiger partial charge in [-0.05, 0) is 44.8 Å². The van der Waals surface area contributed by atoms with E-state index in [9.17, 15) is 0 Å². The van der Waals surface area contributed by atoms with Gasteiger partial charge >= 0.3 is 0 Å². The van der Waals surface area contributed by atoms with Crippen LogP contribution < -0.4 is 10.6 Å². The molecule has 0 aliphatic carbocycles. The van der Waals surface area contributed by atoms with Crippen LogP contribution in [0.25, 0.3) is 0 Å². The summed E-state index contributed by atoms with van der Waals surface area (Å²) >= 11 is 0. The minimum atomic E-state index is 0.712. The summed E-state index contributed by atoms with van der Waals surface area (Å²) in [5, 5.41) is 7.15. The molecule has 16 heavy (non-hydrogen) atoms. The first-order valence-electron chi connectivity index (χ1n) is 6.95. The minimum absolute atomic E-state index is 0.712. The molecule has 0 aromatic rings. The quantitative estimate of drug-likeness (QED) is 0.732. The van der Waals surface area contributed by atoms with Crippen molar-refractivity contribution in [1.29, 1.82) is 0 Å². The zero-order chi connectivity index (χ0) is 11.4. The van der Waals surface area contributed by atoms with Gasteiger partial charge in [0, 0.05) is 25.2 Å². The molecule has 2 aliphatic heterocycles. The molecule has 0 aromatic heterocycles. The normalized spacial score (nSPS) is 29.1.